The molecule has 1 aromatic carbocycles. The standard InChI is InChI=1S/C12H16O4/c1-12(2,16)11(15)6-9-5-8(7-13)3-4-10(9)14/h3-5,7,11,14-16H,6H2,1-2H3/t11-/m1/s1. The van der Waals surface area contributed by atoms with Gasteiger partial charge in [-0.15, -0.1) is 0 Å². The summed E-state index contributed by atoms with van der Waals surface area (Å²) in [5.41, 5.74) is -0.376. The van der Waals surface area contributed by atoms with Crippen molar-refractivity contribution in [3.05, 3.63) is 29.3 Å². The lowest BCUT2D eigenvalue weighted by Gasteiger charge is -2.24. The Morgan fingerprint density at radius 2 is 2.06 bits per heavy atom. The fourth-order valence-electron chi connectivity index (χ4n) is 1.30. The maximum atomic E-state index is 10.6. The molecule has 0 aromatic heterocycles. The molecule has 1 atom stereocenters. The molecule has 4 heteroatoms. The van der Waals surface area contributed by atoms with Gasteiger partial charge >= 0.3 is 0 Å². The van der Waals surface area contributed by atoms with Gasteiger partial charge in [-0.05, 0) is 37.6 Å². The van der Waals surface area contributed by atoms with Crippen molar-refractivity contribution >= 4 is 6.29 Å². The van der Waals surface area contributed by atoms with Gasteiger partial charge < -0.3 is 15.3 Å². The molecule has 3 N–H and O–H groups in total. The number of hydrogen-bond acceptors (Lipinski definition) is 4. The molecular formula is C12H16O4. The Labute approximate surface area is 94.2 Å². The van der Waals surface area contributed by atoms with Crippen molar-refractivity contribution in [3.63, 3.8) is 0 Å². The van der Waals surface area contributed by atoms with Crippen molar-refractivity contribution in [2.24, 2.45) is 0 Å². The molecule has 0 radical (unpaired) electrons. The maximum Gasteiger partial charge on any atom is 0.150 e. The van der Waals surface area contributed by atoms with Crippen LogP contribution >= 0.6 is 0 Å². The predicted octanol–water partition coefficient (Wildman–Crippen LogP) is 0.879. The van der Waals surface area contributed by atoms with E-state index in [1.54, 1.807) is 0 Å². The first kappa shape index (κ1) is 12.7. The van der Waals surface area contributed by atoms with E-state index in [2.05, 4.69) is 0 Å². The molecule has 0 aliphatic rings. The molecule has 0 aliphatic heterocycles. The number of rotatable bonds is 4. The Balaban J connectivity index is 2.92. The normalized spacial score (nSPS) is 13.5. The van der Waals surface area contributed by atoms with Gasteiger partial charge in [0.25, 0.3) is 0 Å². The molecule has 1 aromatic rings. The zero-order valence-corrected chi connectivity index (χ0v) is 9.34. The van der Waals surface area contributed by atoms with Crippen molar-refractivity contribution < 1.29 is 20.1 Å². The fourth-order valence-corrected chi connectivity index (χ4v) is 1.30. The molecular weight excluding hydrogens is 208 g/mol. The van der Waals surface area contributed by atoms with Gasteiger partial charge in [-0.3, -0.25) is 4.79 Å². The van der Waals surface area contributed by atoms with Gasteiger partial charge in [-0.2, -0.15) is 0 Å². The third-order valence-corrected chi connectivity index (χ3v) is 2.47. The molecule has 0 amide bonds. The summed E-state index contributed by atoms with van der Waals surface area (Å²) in [5, 5.41) is 28.8. The average molecular weight is 224 g/mol. The molecule has 0 aliphatic carbocycles. The molecule has 4 nitrogen and oxygen atoms in total. The molecule has 0 bridgehead atoms. The van der Waals surface area contributed by atoms with Crippen molar-refractivity contribution in [3.8, 4) is 5.75 Å². The van der Waals surface area contributed by atoms with Crippen LogP contribution in [0.25, 0.3) is 0 Å². The second kappa shape index (κ2) is 4.63. The Morgan fingerprint density at radius 1 is 1.44 bits per heavy atom. The third-order valence-electron chi connectivity index (χ3n) is 2.47. The molecule has 1 rings (SSSR count). The van der Waals surface area contributed by atoms with Gasteiger partial charge in [0.2, 0.25) is 0 Å². The van der Waals surface area contributed by atoms with Crippen molar-refractivity contribution in [1.29, 1.82) is 0 Å². The van der Waals surface area contributed by atoms with Crippen LogP contribution in [0.3, 0.4) is 0 Å². The number of carbonyl (C=O) groups excluding carboxylic acids is 1. The van der Waals surface area contributed by atoms with Crippen LogP contribution in [0, 0.1) is 0 Å². The van der Waals surface area contributed by atoms with Crippen molar-refractivity contribution in [1.82, 2.24) is 0 Å². The second-order valence-corrected chi connectivity index (χ2v) is 4.38. The molecule has 0 saturated carbocycles. The van der Waals surface area contributed by atoms with E-state index in [4.69, 9.17) is 0 Å². The van der Waals surface area contributed by atoms with E-state index >= 15 is 0 Å². The van der Waals surface area contributed by atoms with E-state index in [1.165, 1.54) is 32.0 Å². The molecule has 16 heavy (non-hydrogen) atoms. The van der Waals surface area contributed by atoms with Crippen molar-refractivity contribution in [2.45, 2.75) is 32.0 Å². The Bertz CT molecular complexity index is 379. The number of aliphatic hydroxyl groups is 2. The van der Waals surface area contributed by atoms with Gasteiger partial charge in [-0.1, -0.05) is 0 Å². The molecule has 0 spiro atoms. The highest BCUT2D eigenvalue weighted by Gasteiger charge is 2.25. The SMILES string of the molecule is CC(C)(O)[C@H](O)Cc1cc(C=O)ccc1O. The van der Waals surface area contributed by atoms with Crippen LogP contribution in [-0.4, -0.2) is 33.3 Å². The van der Waals surface area contributed by atoms with Gasteiger partial charge in [0.1, 0.15) is 12.0 Å². The lowest BCUT2D eigenvalue weighted by molar-refractivity contribution is -0.0471. The minimum Gasteiger partial charge on any atom is -0.508 e. The quantitative estimate of drug-likeness (QED) is 0.663. The maximum absolute atomic E-state index is 10.6. The summed E-state index contributed by atoms with van der Waals surface area (Å²) in [6, 6.07) is 4.38. The smallest absolute Gasteiger partial charge is 0.150 e. The number of aromatic hydroxyl groups is 1. The summed E-state index contributed by atoms with van der Waals surface area (Å²) in [5.74, 6) is 0.00824. The zero-order valence-electron chi connectivity index (χ0n) is 9.34. The molecule has 0 fully saturated rings. The number of aliphatic hydroxyl groups excluding tert-OH is 1. The largest absolute Gasteiger partial charge is 0.508 e. The first-order valence-corrected chi connectivity index (χ1v) is 5.02. The van der Waals surface area contributed by atoms with Crippen LogP contribution in [-0.2, 0) is 6.42 Å². The number of phenolic OH excluding ortho intramolecular Hbond substituents is 1. The number of benzene rings is 1. The van der Waals surface area contributed by atoms with Gasteiger partial charge in [0, 0.05) is 12.0 Å². The van der Waals surface area contributed by atoms with Gasteiger partial charge in [0.05, 0.1) is 11.7 Å². The predicted molar refractivity (Wildman–Crippen MR) is 59.5 cm³/mol. The van der Waals surface area contributed by atoms with E-state index in [9.17, 15) is 20.1 Å². The fraction of sp³-hybridized carbons (Fsp3) is 0.417. The topological polar surface area (TPSA) is 77.8 Å². The summed E-state index contributed by atoms with van der Waals surface area (Å²) in [6.45, 7) is 2.97. The monoisotopic (exact) mass is 224 g/mol. The van der Waals surface area contributed by atoms with Crippen LogP contribution in [0.4, 0.5) is 0 Å². The third kappa shape index (κ3) is 3.05. The minimum atomic E-state index is -1.25. The Kier molecular flexibility index (Phi) is 3.67. The Morgan fingerprint density at radius 3 is 2.56 bits per heavy atom. The van der Waals surface area contributed by atoms with E-state index in [0.29, 0.717) is 17.4 Å². The van der Waals surface area contributed by atoms with Crippen molar-refractivity contribution in [2.75, 3.05) is 0 Å². The van der Waals surface area contributed by atoms with E-state index < -0.39 is 11.7 Å². The first-order chi connectivity index (χ1) is 7.34. The number of phenols is 1. The van der Waals surface area contributed by atoms with E-state index in [-0.39, 0.29) is 12.2 Å². The zero-order chi connectivity index (χ0) is 12.3. The summed E-state index contributed by atoms with van der Waals surface area (Å²) in [7, 11) is 0. The minimum absolute atomic E-state index is 0.00824. The Hall–Kier alpha value is -1.39. The van der Waals surface area contributed by atoms with Crippen LogP contribution in [0.1, 0.15) is 29.8 Å². The van der Waals surface area contributed by atoms with E-state index in [0.717, 1.165) is 0 Å². The first-order valence-electron chi connectivity index (χ1n) is 5.02. The lowest BCUT2D eigenvalue weighted by atomic mass is 9.94. The summed E-state index contributed by atoms with van der Waals surface area (Å²) >= 11 is 0. The molecule has 0 unspecified atom stereocenters. The number of aldehydes is 1. The van der Waals surface area contributed by atoms with Crippen LogP contribution in [0.15, 0.2) is 18.2 Å². The van der Waals surface area contributed by atoms with Crippen LogP contribution < -0.4 is 0 Å². The highest BCUT2D eigenvalue weighted by molar-refractivity contribution is 5.75. The lowest BCUT2D eigenvalue weighted by Crippen LogP contribution is -2.37. The highest BCUT2D eigenvalue weighted by atomic mass is 16.3. The van der Waals surface area contributed by atoms with Crippen LogP contribution in [0.2, 0.25) is 0 Å². The highest BCUT2D eigenvalue weighted by Crippen LogP contribution is 2.22. The molecule has 88 valence electrons. The number of carbonyl (C=O) groups is 1. The summed E-state index contributed by atoms with van der Waals surface area (Å²) in [4.78, 5) is 10.6. The second-order valence-electron chi connectivity index (χ2n) is 4.38. The van der Waals surface area contributed by atoms with Gasteiger partial charge in [0.15, 0.2) is 0 Å². The summed E-state index contributed by atoms with van der Waals surface area (Å²) < 4.78 is 0. The van der Waals surface area contributed by atoms with Gasteiger partial charge in [-0.25, -0.2) is 0 Å². The number of hydrogen-bond donors (Lipinski definition) is 3. The molecule has 0 saturated heterocycles. The summed E-state index contributed by atoms with van der Waals surface area (Å²) in [6.07, 6.45) is -0.239. The van der Waals surface area contributed by atoms with E-state index in [1.807, 2.05) is 0 Å². The molecule has 0 heterocycles. The van der Waals surface area contributed by atoms with Crippen LogP contribution in [0.5, 0.6) is 5.75 Å². The average Bonchev–Trinajstić information content (AvgIpc) is 2.19.